The smallest absolute Gasteiger partial charge is 0.261 e. The number of hydrogen-bond acceptors (Lipinski definition) is 5. The number of pyridine rings is 2. The predicted molar refractivity (Wildman–Crippen MR) is 142 cm³/mol. The van der Waals surface area contributed by atoms with Gasteiger partial charge in [-0.2, -0.15) is 0 Å². The van der Waals surface area contributed by atoms with Crippen molar-refractivity contribution in [3.63, 3.8) is 0 Å². The molecule has 0 unspecified atom stereocenters. The Morgan fingerprint density at radius 1 is 0.800 bits per heavy atom. The number of rotatable bonds is 6. The van der Waals surface area contributed by atoms with Gasteiger partial charge >= 0.3 is 0 Å². The number of nitrogen functional groups attached to an aromatic ring is 1. The number of hydrogen-bond donors (Lipinski definition) is 2. The molecule has 35 heavy (non-hydrogen) atoms. The molecule has 0 bridgehead atoms. The SMILES string of the molecule is Cc1ccc(S(=O)(=O)Nc2ccc(CCc3cnc4c(N)nc5cc(C)ccc5c4c3)cc2)cc1. The van der Waals surface area contributed by atoms with Crippen molar-refractivity contribution in [3.8, 4) is 0 Å². The summed E-state index contributed by atoms with van der Waals surface area (Å²) in [6.45, 7) is 3.96. The van der Waals surface area contributed by atoms with Gasteiger partial charge in [0.25, 0.3) is 10.0 Å². The van der Waals surface area contributed by atoms with Crippen molar-refractivity contribution < 1.29 is 8.42 Å². The third-order valence-electron chi connectivity index (χ3n) is 6.11. The summed E-state index contributed by atoms with van der Waals surface area (Å²) in [4.78, 5) is 9.35. The molecular formula is C28H26N4O2S. The Morgan fingerprint density at radius 3 is 2.23 bits per heavy atom. The fraction of sp³-hybridized carbons (Fsp3) is 0.143. The summed E-state index contributed by atoms with van der Waals surface area (Å²) < 4.78 is 27.9. The van der Waals surface area contributed by atoms with Crippen LogP contribution in [0.4, 0.5) is 11.5 Å². The first-order chi connectivity index (χ1) is 16.8. The lowest BCUT2D eigenvalue weighted by Gasteiger charge is -2.10. The van der Waals surface area contributed by atoms with E-state index in [-0.39, 0.29) is 4.90 Å². The van der Waals surface area contributed by atoms with Crippen LogP contribution in [0.15, 0.2) is 83.9 Å². The highest BCUT2D eigenvalue weighted by molar-refractivity contribution is 7.92. The van der Waals surface area contributed by atoms with Gasteiger partial charge < -0.3 is 5.73 Å². The number of anilines is 2. The van der Waals surface area contributed by atoms with Crippen LogP contribution in [0.2, 0.25) is 0 Å². The van der Waals surface area contributed by atoms with Crippen molar-refractivity contribution in [2.75, 3.05) is 10.5 Å². The number of benzene rings is 3. The fourth-order valence-electron chi connectivity index (χ4n) is 4.16. The average Bonchev–Trinajstić information content (AvgIpc) is 2.83. The molecule has 6 nitrogen and oxygen atoms in total. The zero-order chi connectivity index (χ0) is 24.6. The van der Waals surface area contributed by atoms with Gasteiger partial charge in [0, 0.05) is 22.7 Å². The Hall–Kier alpha value is -3.97. The predicted octanol–water partition coefficient (Wildman–Crippen LogP) is 5.57. The van der Waals surface area contributed by atoms with Gasteiger partial charge in [-0.15, -0.1) is 0 Å². The normalized spacial score (nSPS) is 11.7. The van der Waals surface area contributed by atoms with Crippen LogP contribution in [0.1, 0.15) is 22.3 Å². The monoisotopic (exact) mass is 482 g/mol. The van der Waals surface area contributed by atoms with Crippen LogP contribution in [-0.2, 0) is 22.9 Å². The quantitative estimate of drug-likeness (QED) is 0.308. The number of nitrogens with zero attached hydrogens (tertiary/aromatic N) is 2. The molecule has 0 spiro atoms. The maximum Gasteiger partial charge on any atom is 0.261 e. The minimum Gasteiger partial charge on any atom is -0.382 e. The molecule has 0 saturated heterocycles. The summed E-state index contributed by atoms with van der Waals surface area (Å²) in [6.07, 6.45) is 3.45. The van der Waals surface area contributed by atoms with Crippen LogP contribution in [0, 0.1) is 13.8 Å². The second-order valence-corrected chi connectivity index (χ2v) is 10.6. The van der Waals surface area contributed by atoms with E-state index in [0.717, 1.165) is 56.9 Å². The van der Waals surface area contributed by atoms with Crippen molar-refractivity contribution in [3.05, 3.63) is 101 Å². The highest BCUT2D eigenvalue weighted by Crippen LogP contribution is 2.28. The van der Waals surface area contributed by atoms with E-state index in [1.165, 1.54) is 0 Å². The lowest BCUT2D eigenvalue weighted by molar-refractivity contribution is 0.601. The lowest BCUT2D eigenvalue weighted by atomic mass is 10.0. The van der Waals surface area contributed by atoms with Gasteiger partial charge in [-0.25, -0.2) is 13.4 Å². The van der Waals surface area contributed by atoms with E-state index in [0.29, 0.717) is 11.5 Å². The molecular weight excluding hydrogens is 456 g/mol. The van der Waals surface area contributed by atoms with Crippen LogP contribution in [0.5, 0.6) is 0 Å². The van der Waals surface area contributed by atoms with E-state index in [4.69, 9.17) is 5.73 Å². The number of aryl methyl sites for hydroxylation is 4. The third kappa shape index (κ3) is 4.81. The number of fused-ring (bicyclic) bond motifs is 3. The molecule has 0 atom stereocenters. The van der Waals surface area contributed by atoms with Gasteiger partial charge in [0.05, 0.1) is 10.4 Å². The molecule has 176 valence electrons. The highest BCUT2D eigenvalue weighted by Gasteiger charge is 2.14. The Kier molecular flexibility index (Phi) is 5.86. The molecule has 7 heteroatoms. The number of aromatic nitrogens is 2. The minimum atomic E-state index is -3.62. The molecule has 0 saturated carbocycles. The standard InChI is InChI=1S/C28H26N4O2S/c1-18-3-12-23(13-4-18)35(33,34)32-22-10-8-20(9-11-22)6-7-21-16-25-24-14-5-19(2)15-26(24)31-28(29)27(25)30-17-21/h3-5,8-17,32H,6-7H2,1-2H3,(H2,29,31). The summed E-state index contributed by atoms with van der Waals surface area (Å²) in [7, 11) is -3.62. The molecule has 0 aliphatic carbocycles. The van der Waals surface area contributed by atoms with Crippen molar-refractivity contribution in [2.24, 2.45) is 0 Å². The van der Waals surface area contributed by atoms with E-state index in [2.05, 4.69) is 32.9 Å². The first kappa shape index (κ1) is 22.8. The summed E-state index contributed by atoms with van der Waals surface area (Å²) in [5, 5.41) is 2.05. The molecule has 0 amide bonds. The van der Waals surface area contributed by atoms with Gasteiger partial charge in [-0.05, 0) is 79.8 Å². The van der Waals surface area contributed by atoms with Crippen molar-refractivity contribution in [1.29, 1.82) is 0 Å². The van der Waals surface area contributed by atoms with E-state index < -0.39 is 10.0 Å². The summed E-state index contributed by atoms with van der Waals surface area (Å²) in [5.74, 6) is 0.438. The second-order valence-electron chi connectivity index (χ2n) is 8.87. The molecule has 2 heterocycles. The number of nitrogens with one attached hydrogen (secondary N) is 1. The van der Waals surface area contributed by atoms with E-state index in [9.17, 15) is 8.42 Å². The topological polar surface area (TPSA) is 98.0 Å². The van der Waals surface area contributed by atoms with Gasteiger partial charge in [0.1, 0.15) is 5.52 Å². The van der Waals surface area contributed by atoms with Crippen LogP contribution in [0.3, 0.4) is 0 Å². The first-order valence-electron chi connectivity index (χ1n) is 11.4. The summed E-state index contributed by atoms with van der Waals surface area (Å²) >= 11 is 0. The average molecular weight is 483 g/mol. The molecule has 3 N–H and O–H groups in total. The largest absolute Gasteiger partial charge is 0.382 e. The highest BCUT2D eigenvalue weighted by atomic mass is 32.2. The molecule has 5 rings (SSSR count). The molecule has 0 fully saturated rings. The van der Waals surface area contributed by atoms with Gasteiger partial charge in [0.15, 0.2) is 5.82 Å². The fourth-order valence-corrected chi connectivity index (χ4v) is 5.22. The van der Waals surface area contributed by atoms with Gasteiger partial charge in [0.2, 0.25) is 0 Å². The van der Waals surface area contributed by atoms with Crippen molar-refractivity contribution in [2.45, 2.75) is 31.6 Å². The van der Waals surface area contributed by atoms with Crippen LogP contribution in [0.25, 0.3) is 21.8 Å². The van der Waals surface area contributed by atoms with Gasteiger partial charge in [-0.1, -0.05) is 42.0 Å². The number of sulfonamides is 1. The zero-order valence-electron chi connectivity index (χ0n) is 19.6. The lowest BCUT2D eigenvalue weighted by Crippen LogP contribution is -2.12. The minimum absolute atomic E-state index is 0.245. The third-order valence-corrected chi connectivity index (χ3v) is 7.51. The van der Waals surface area contributed by atoms with Crippen LogP contribution >= 0.6 is 0 Å². The van der Waals surface area contributed by atoms with E-state index in [1.54, 1.807) is 36.4 Å². The van der Waals surface area contributed by atoms with Crippen molar-refractivity contribution in [1.82, 2.24) is 9.97 Å². The molecule has 2 aromatic heterocycles. The van der Waals surface area contributed by atoms with Crippen molar-refractivity contribution >= 4 is 43.3 Å². The van der Waals surface area contributed by atoms with E-state index in [1.807, 2.05) is 38.2 Å². The molecule has 0 aliphatic heterocycles. The molecule has 3 aromatic carbocycles. The van der Waals surface area contributed by atoms with Crippen LogP contribution in [-0.4, -0.2) is 18.4 Å². The Morgan fingerprint density at radius 2 is 1.49 bits per heavy atom. The number of nitrogens with two attached hydrogens (primary N) is 1. The Bertz CT molecular complexity index is 1650. The Balaban J connectivity index is 1.32. The Labute approximate surface area is 204 Å². The van der Waals surface area contributed by atoms with Gasteiger partial charge in [-0.3, -0.25) is 9.71 Å². The summed E-state index contributed by atoms with van der Waals surface area (Å²) in [5.41, 5.74) is 12.7. The maximum atomic E-state index is 12.6. The molecule has 0 radical (unpaired) electrons. The van der Waals surface area contributed by atoms with Crippen LogP contribution < -0.4 is 10.5 Å². The molecule has 0 aliphatic rings. The second kappa shape index (κ2) is 9.00. The first-order valence-corrected chi connectivity index (χ1v) is 12.9. The zero-order valence-corrected chi connectivity index (χ0v) is 20.4. The maximum absolute atomic E-state index is 12.6. The molecule has 5 aromatic rings. The van der Waals surface area contributed by atoms with E-state index >= 15 is 0 Å². The summed E-state index contributed by atoms with van der Waals surface area (Å²) in [6, 6.07) is 22.6.